The van der Waals surface area contributed by atoms with E-state index in [4.69, 9.17) is 9.84 Å². The van der Waals surface area contributed by atoms with Gasteiger partial charge in [-0.05, 0) is 38.8 Å². The van der Waals surface area contributed by atoms with E-state index in [1.165, 1.54) is 4.90 Å². The molecule has 2 amide bonds. The molecule has 1 aliphatic heterocycles. The van der Waals surface area contributed by atoms with E-state index in [1.807, 2.05) is 32.9 Å². The first kappa shape index (κ1) is 16.1. The number of rotatable bonds is 4. The molecule has 6 nitrogen and oxygen atoms in total. The number of carboxylic acid groups (broad SMARTS) is 1. The predicted octanol–water partition coefficient (Wildman–Crippen LogP) is 2.72. The Morgan fingerprint density at radius 1 is 1.41 bits per heavy atom. The molecule has 0 bridgehead atoms. The molecule has 1 aliphatic rings. The summed E-state index contributed by atoms with van der Waals surface area (Å²) in [5.74, 6) is -0.584. The standard InChI is InChI=1S/C16H22N2O4/c1-10(2)22-14-8-13(5-4-11(14)3)17-16(21)18-7-6-12(9-18)15(19)20/h4-5,8,10,12H,6-7,9H2,1-3H3,(H,17,21)(H,19,20). The Hall–Kier alpha value is -2.24. The molecule has 1 fully saturated rings. The molecule has 1 aromatic rings. The van der Waals surface area contributed by atoms with E-state index in [9.17, 15) is 9.59 Å². The number of benzene rings is 1. The average molecular weight is 306 g/mol. The fourth-order valence-electron chi connectivity index (χ4n) is 2.41. The third-order valence-electron chi connectivity index (χ3n) is 3.63. The van der Waals surface area contributed by atoms with Crippen molar-refractivity contribution < 1.29 is 19.4 Å². The second-order valence-electron chi connectivity index (χ2n) is 5.85. The summed E-state index contributed by atoms with van der Waals surface area (Å²) in [6.07, 6.45) is 0.554. The van der Waals surface area contributed by atoms with Gasteiger partial charge in [0.1, 0.15) is 5.75 Å². The number of nitrogens with one attached hydrogen (secondary N) is 1. The lowest BCUT2D eigenvalue weighted by Crippen LogP contribution is -2.33. The molecule has 120 valence electrons. The van der Waals surface area contributed by atoms with Gasteiger partial charge in [0.15, 0.2) is 0 Å². The van der Waals surface area contributed by atoms with Crippen molar-refractivity contribution >= 4 is 17.7 Å². The fraction of sp³-hybridized carbons (Fsp3) is 0.500. The monoisotopic (exact) mass is 306 g/mol. The molecule has 2 N–H and O–H groups in total. The van der Waals surface area contributed by atoms with Crippen molar-refractivity contribution in [1.29, 1.82) is 0 Å². The number of hydrogen-bond donors (Lipinski definition) is 2. The molecule has 0 aliphatic carbocycles. The van der Waals surface area contributed by atoms with Gasteiger partial charge in [-0.1, -0.05) is 6.07 Å². The van der Waals surface area contributed by atoms with Gasteiger partial charge in [0, 0.05) is 24.8 Å². The van der Waals surface area contributed by atoms with Gasteiger partial charge in [-0.15, -0.1) is 0 Å². The summed E-state index contributed by atoms with van der Waals surface area (Å²) in [6.45, 7) is 6.55. The van der Waals surface area contributed by atoms with Crippen LogP contribution in [0.1, 0.15) is 25.8 Å². The highest BCUT2D eigenvalue weighted by molar-refractivity contribution is 5.90. The molecule has 6 heteroatoms. The number of aryl methyl sites for hydroxylation is 1. The molecular formula is C16H22N2O4. The number of anilines is 1. The Morgan fingerprint density at radius 3 is 2.73 bits per heavy atom. The number of carbonyl (C=O) groups excluding carboxylic acids is 1. The van der Waals surface area contributed by atoms with Gasteiger partial charge < -0.3 is 20.1 Å². The molecule has 2 rings (SSSR count). The SMILES string of the molecule is Cc1ccc(NC(=O)N2CCC(C(=O)O)C2)cc1OC(C)C. The van der Waals surface area contributed by atoms with Crippen LogP contribution in [0.15, 0.2) is 18.2 Å². The van der Waals surface area contributed by atoms with Gasteiger partial charge in [-0.2, -0.15) is 0 Å². The van der Waals surface area contributed by atoms with Crippen molar-refractivity contribution in [3.8, 4) is 5.75 Å². The summed E-state index contributed by atoms with van der Waals surface area (Å²) in [6, 6.07) is 5.21. The Morgan fingerprint density at radius 2 is 2.14 bits per heavy atom. The summed E-state index contributed by atoms with van der Waals surface area (Å²) >= 11 is 0. The quantitative estimate of drug-likeness (QED) is 0.896. The van der Waals surface area contributed by atoms with Crippen molar-refractivity contribution in [3.63, 3.8) is 0 Å². The van der Waals surface area contributed by atoms with Crippen molar-refractivity contribution in [2.45, 2.75) is 33.3 Å². The third-order valence-corrected chi connectivity index (χ3v) is 3.63. The minimum absolute atomic E-state index is 0.0551. The van der Waals surface area contributed by atoms with E-state index in [0.29, 0.717) is 18.7 Å². The van der Waals surface area contributed by atoms with Crippen LogP contribution in [0, 0.1) is 12.8 Å². The summed E-state index contributed by atoms with van der Waals surface area (Å²) in [7, 11) is 0. The second-order valence-corrected chi connectivity index (χ2v) is 5.85. The van der Waals surface area contributed by atoms with Gasteiger partial charge in [0.05, 0.1) is 12.0 Å². The molecular weight excluding hydrogens is 284 g/mol. The number of amides is 2. The molecule has 0 spiro atoms. The van der Waals surface area contributed by atoms with Crippen LogP contribution in [0.3, 0.4) is 0 Å². The third kappa shape index (κ3) is 3.90. The van der Waals surface area contributed by atoms with Crippen LogP contribution in [0.4, 0.5) is 10.5 Å². The van der Waals surface area contributed by atoms with Crippen LogP contribution < -0.4 is 10.1 Å². The highest BCUT2D eigenvalue weighted by Crippen LogP contribution is 2.24. The van der Waals surface area contributed by atoms with Crippen molar-refractivity contribution in [1.82, 2.24) is 4.90 Å². The molecule has 22 heavy (non-hydrogen) atoms. The first-order chi connectivity index (χ1) is 10.4. The van der Waals surface area contributed by atoms with Crippen LogP contribution in [-0.2, 0) is 4.79 Å². The van der Waals surface area contributed by atoms with E-state index in [-0.39, 0.29) is 18.7 Å². The van der Waals surface area contributed by atoms with E-state index in [1.54, 1.807) is 6.07 Å². The molecule has 1 atom stereocenters. The normalized spacial score (nSPS) is 17.6. The van der Waals surface area contributed by atoms with Crippen LogP contribution in [0.5, 0.6) is 5.75 Å². The summed E-state index contributed by atoms with van der Waals surface area (Å²) in [5, 5.41) is 11.8. The van der Waals surface area contributed by atoms with Crippen LogP contribution in [0.2, 0.25) is 0 Å². The molecule has 1 unspecified atom stereocenters. The molecule has 1 saturated heterocycles. The lowest BCUT2D eigenvalue weighted by atomic mass is 10.1. The summed E-state index contributed by atoms with van der Waals surface area (Å²) < 4.78 is 5.70. The largest absolute Gasteiger partial charge is 0.491 e. The van der Waals surface area contributed by atoms with E-state index in [2.05, 4.69) is 5.32 Å². The van der Waals surface area contributed by atoms with E-state index < -0.39 is 11.9 Å². The molecule has 0 radical (unpaired) electrons. The van der Waals surface area contributed by atoms with Crippen molar-refractivity contribution in [2.24, 2.45) is 5.92 Å². The van der Waals surface area contributed by atoms with Crippen LogP contribution >= 0.6 is 0 Å². The van der Waals surface area contributed by atoms with Gasteiger partial charge in [0.25, 0.3) is 0 Å². The minimum atomic E-state index is -0.849. The summed E-state index contributed by atoms with van der Waals surface area (Å²) in [5.41, 5.74) is 1.64. The number of hydrogen-bond acceptors (Lipinski definition) is 3. The van der Waals surface area contributed by atoms with Gasteiger partial charge in [-0.3, -0.25) is 4.79 Å². The Balaban J connectivity index is 2.01. The summed E-state index contributed by atoms with van der Waals surface area (Å²) in [4.78, 5) is 24.6. The first-order valence-electron chi connectivity index (χ1n) is 7.43. The maximum absolute atomic E-state index is 12.2. The van der Waals surface area contributed by atoms with Gasteiger partial charge in [-0.25, -0.2) is 4.79 Å². The second kappa shape index (κ2) is 6.68. The highest BCUT2D eigenvalue weighted by Gasteiger charge is 2.30. The first-order valence-corrected chi connectivity index (χ1v) is 7.43. The molecule has 1 heterocycles. The predicted molar refractivity (Wildman–Crippen MR) is 83.3 cm³/mol. The minimum Gasteiger partial charge on any atom is -0.491 e. The lowest BCUT2D eigenvalue weighted by Gasteiger charge is -2.18. The zero-order valence-corrected chi connectivity index (χ0v) is 13.1. The van der Waals surface area contributed by atoms with Gasteiger partial charge >= 0.3 is 12.0 Å². The number of likely N-dealkylation sites (tertiary alicyclic amines) is 1. The van der Waals surface area contributed by atoms with Crippen molar-refractivity contribution in [2.75, 3.05) is 18.4 Å². The average Bonchev–Trinajstić information content (AvgIpc) is 2.92. The zero-order chi connectivity index (χ0) is 16.3. The molecule has 1 aromatic carbocycles. The number of carboxylic acids is 1. The Labute approximate surface area is 130 Å². The maximum Gasteiger partial charge on any atom is 0.321 e. The van der Waals surface area contributed by atoms with E-state index >= 15 is 0 Å². The molecule has 0 aromatic heterocycles. The number of carbonyl (C=O) groups is 2. The zero-order valence-electron chi connectivity index (χ0n) is 13.1. The fourth-order valence-corrected chi connectivity index (χ4v) is 2.41. The maximum atomic E-state index is 12.2. The Bertz CT molecular complexity index is 571. The topological polar surface area (TPSA) is 78.9 Å². The number of aliphatic carboxylic acids is 1. The van der Waals surface area contributed by atoms with Gasteiger partial charge in [0.2, 0.25) is 0 Å². The number of ether oxygens (including phenoxy) is 1. The van der Waals surface area contributed by atoms with Crippen LogP contribution in [-0.4, -0.2) is 41.2 Å². The highest BCUT2D eigenvalue weighted by atomic mass is 16.5. The molecule has 0 saturated carbocycles. The lowest BCUT2D eigenvalue weighted by molar-refractivity contribution is -0.141. The van der Waals surface area contributed by atoms with E-state index in [0.717, 1.165) is 11.3 Å². The Kier molecular flexibility index (Phi) is 4.90. The van der Waals surface area contributed by atoms with Crippen LogP contribution in [0.25, 0.3) is 0 Å². The smallest absolute Gasteiger partial charge is 0.321 e. The van der Waals surface area contributed by atoms with Crippen molar-refractivity contribution in [3.05, 3.63) is 23.8 Å². The number of nitrogens with zero attached hydrogens (tertiary/aromatic N) is 1. The number of urea groups is 1.